The number of nitrogens with one attached hydrogen (secondary N) is 1. The van der Waals surface area contributed by atoms with Crippen molar-refractivity contribution in [2.45, 2.75) is 26.3 Å². The molecule has 1 N–H and O–H groups in total. The van der Waals surface area contributed by atoms with Crippen LogP contribution in [0.15, 0.2) is 17.0 Å². The molecule has 0 unspecified atom stereocenters. The van der Waals surface area contributed by atoms with Crippen LogP contribution < -0.4 is 5.32 Å². The van der Waals surface area contributed by atoms with Gasteiger partial charge in [-0.05, 0) is 13.3 Å². The monoisotopic (exact) mass is 168 g/mol. The predicted molar refractivity (Wildman–Crippen MR) is 43.7 cm³/mol. The molecule has 0 saturated heterocycles. The van der Waals surface area contributed by atoms with Gasteiger partial charge in [-0.15, -0.1) is 0 Å². The zero-order valence-electron chi connectivity index (χ0n) is 7.20. The van der Waals surface area contributed by atoms with Crippen LogP contribution in [-0.2, 0) is 0 Å². The highest BCUT2D eigenvalue weighted by atomic mass is 16.3. The minimum atomic E-state index is -0.207. The lowest BCUT2D eigenvalue weighted by atomic mass is 10.2. The van der Waals surface area contributed by atoms with Crippen LogP contribution in [0, 0.1) is 0 Å². The van der Waals surface area contributed by atoms with Crippen molar-refractivity contribution >= 4 is 5.91 Å². The van der Waals surface area contributed by atoms with Gasteiger partial charge in [-0.2, -0.15) is 0 Å². The van der Waals surface area contributed by atoms with E-state index >= 15 is 0 Å². The third-order valence-corrected chi connectivity index (χ3v) is 1.65. The molecule has 0 spiro atoms. The van der Waals surface area contributed by atoms with E-state index in [9.17, 15) is 4.79 Å². The zero-order valence-corrected chi connectivity index (χ0v) is 7.20. The first-order valence-corrected chi connectivity index (χ1v) is 3.93. The van der Waals surface area contributed by atoms with Gasteiger partial charge in [0.2, 0.25) is 5.76 Å². The standard InChI is InChI=1S/C8H12N2O2/c1-3-6(2)10-8(11)7-4-9-5-12-7/h4-6H,3H2,1-2H3,(H,10,11)/t6-/m1/s1. The third-order valence-electron chi connectivity index (χ3n) is 1.65. The molecule has 1 rings (SSSR count). The van der Waals surface area contributed by atoms with Gasteiger partial charge in [0, 0.05) is 6.04 Å². The molecule has 0 aliphatic heterocycles. The molecule has 0 aliphatic rings. The van der Waals surface area contributed by atoms with Gasteiger partial charge in [0.1, 0.15) is 0 Å². The van der Waals surface area contributed by atoms with Gasteiger partial charge in [0.05, 0.1) is 6.20 Å². The Hall–Kier alpha value is -1.32. The summed E-state index contributed by atoms with van der Waals surface area (Å²) in [5.74, 6) is 0.0529. The second kappa shape index (κ2) is 3.90. The number of rotatable bonds is 3. The molecule has 0 saturated carbocycles. The first-order chi connectivity index (χ1) is 5.74. The van der Waals surface area contributed by atoms with Gasteiger partial charge in [-0.3, -0.25) is 4.79 Å². The van der Waals surface area contributed by atoms with Gasteiger partial charge < -0.3 is 9.73 Å². The number of hydrogen-bond donors (Lipinski definition) is 1. The molecule has 0 aromatic carbocycles. The molecule has 1 aromatic heterocycles. The van der Waals surface area contributed by atoms with E-state index in [2.05, 4.69) is 10.3 Å². The average Bonchev–Trinajstić information content (AvgIpc) is 2.56. The van der Waals surface area contributed by atoms with Crippen molar-refractivity contribution < 1.29 is 9.21 Å². The summed E-state index contributed by atoms with van der Waals surface area (Å²) in [5.41, 5.74) is 0. The number of aromatic nitrogens is 1. The van der Waals surface area contributed by atoms with Gasteiger partial charge >= 0.3 is 0 Å². The van der Waals surface area contributed by atoms with Crippen molar-refractivity contribution in [2.75, 3.05) is 0 Å². The van der Waals surface area contributed by atoms with Crippen LogP contribution in [0.4, 0.5) is 0 Å². The first kappa shape index (κ1) is 8.77. The summed E-state index contributed by atoms with van der Waals surface area (Å²) >= 11 is 0. The Kier molecular flexibility index (Phi) is 2.85. The van der Waals surface area contributed by atoms with Crippen molar-refractivity contribution in [3.05, 3.63) is 18.4 Å². The maximum Gasteiger partial charge on any atom is 0.288 e. The molecular formula is C8H12N2O2. The quantitative estimate of drug-likeness (QED) is 0.737. The number of hydrogen-bond acceptors (Lipinski definition) is 3. The molecular weight excluding hydrogens is 156 g/mol. The minimum Gasteiger partial charge on any atom is -0.438 e. The van der Waals surface area contributed by atoms with E-state index in [1.165, 1.54) is 12.6 Å². The molecule has 1 amide bonds. The van der Waals surface area contributed by atoms with Gasteiger partial charge in [0.15, 0.2) is 6.39 Å². The van der Waals surface area contributed by atoms with Crippen LogP contribution in [0.3, 0.4) is 0 Å². The Labute approximate surface area is 71.0 Å². The summed E-state index contributed by atoms with van der Waals surface area (Å²) in [6.45, 7) is 3.94. The van der Waals surface area contributed by atoms with Gasteiger partial charge in [-0.1, -0.05) is 6.92 Å². The molecule has 66 valence electrons. The zero-order chi connectivity index (χ0) is 8.97. The van der Waals surface area contributed by atoms with E-state index in [0.29, 0.717) is 0 Å². The van der Waals surface area contributed by atoms with Crippen LogP contribution in [-0.4, -0.2) is 16.9 Å². The summed E-state index contributed by atoms with van der Waals surface area (Å²) in [6.07, 6.45) is 3.54. The fourth-order valence-corrected chi connectivity index (χ4v) is 0.725. The molecule has 0 radical (unpaired) electrons. The fraction of sp³-hybridized carbons (Fsp3) is 0.500. The van der Waals surface area contributed by atoms with Crippen molar-refractivity contribution in [3.8, 4) is 0 Å². The molecule has 1 heterocycles. The number of carbonyl (C=O) groups excluding carboxylic acids is 1. The number of amides is 1. The van der Waals surface area contributed by atoms with Crippen LogP contribution in [0.25, 0.3) is 0 Å². The number of nitrogens with zero attached hydrogens (tertiary/aromatic N) is 1. The molecule has 1 atom stereocenters. The molecule has 0 aliphatic carbocycles. The Morgan fingerprint density at radius 3 is 3.08 bits per heavy atom. The highest BCUT2D eigenvalue weighted by molar-refractivity contribution is 5.91. The summed E-state index contributed by atoms with van der Waals surface area (Å²) in [5, 5.41) is 2.76. The summed E-state index contributed by atoms with van der Waals surface area (Å²) in [6, 6.07) is 0.169. The Bertz CT molecular complexity index is 244. The first-order valence-electron chi connectivity index (χ1n) is 3.93. The van der Waals surface area contributed by atoms with E-state index in [1.54, 1.807) is 0 Å². The lowest BCUT2D eigenvalue weighted by molar-refractivity contribution is 0.0911. The maximum absolute atomic E-state index is 11.2. The predicted octanol–water partition coefficient (Wildman–Crippen LogP) is 1.20. The highest BCUT2D eigenvalue weighted by Crippen LogP contribution is 1.97. The second-order valence-electron chi connectivity index (χ2n) is 2.65. The Morgan fingerprint density at radius 1 is 1.83 bits per heavy atom. The lowest BCUT2D eigenvalue weighted by Gasteiger charge is -2.08. The summed E-state index contributed by atoms with van der Waals surface area (Å²) in [4.78, 5) is 14.9. The van der Waals surface area contributed by atoms with E-state index in [1.807, 2.05) is 13.8 Å². The molecule has 1 aromatic rings. The average molecular weight is 168 g/mol. The highest BCUT2D eigenvalue weighted by Gasteiger charge is 2.10. The number of carbonyl (C=O) groups is 1. The van der Waals surface area contributed by atoms with Gasteiger partial charge in [-0.25, -0.2) is 4.98 Å². The molecule has 0 fully saturated rings. The molecule has 12 heavy (non-hydrogen) atoms. The lowest BCUT2D eigenvalue weighted by Crippen LogP contribution is -2.31. The topological polar surface area (TPSA) is 55.1 Å². The summed E-state index contributed by atoms with van der Waals surface area (Å²) in [7, 11) is 0. The molecule has 4 nitrogen and oxygen atoms in total. The van der Waals surface area contributed by atoms with Crippen molar-refractivity contribution in [3.63, 3.8) is 0 Å². The maximum atomic E-state index is 11.2. The largest absolute Gasteiger partial charge is 0.438 e. The molecule has 0 bridgehead atoms. The van der Waals surface area contributed by atoms with Crippen LogP contribution in [0.2, 0.25) is 0 Å². The van der Waals surface area contributed by atoms with E-state index in [-0.39, 0.29) is 17.7 Å². The van der Waals surface area contributed by atoms with Crippen molar-refractivity contribution in [1.82, 2.24) is 10.3 Å². The van der Waals surface area contributed by atoms with Crippen molar-refractivity contribution in [2.24, 2.45) is 0 Å². The minimum absolute atomic E-state index is 0.169. The fourth-order valence-electron chi connectivity index (χ4n) is 0.725. The summed E-state index contributed by atoms with van der Waals surface area (Å²) < 4.78 is 4.82. The van der Waals surface area contributed by atoms with E-state index < -0.39 is 0 Å². The van der Waals surface area contributed by atoms with E-state index in [4.69, 9.17) is 4.42 Å². The van der Waals surface area contributed by atoms with Crippen LogP contribution in [0.5, 0.6) is 0 Å². The second-order valence-corrected chi connectivity index (χ2v) is 2.65. The van der Waals surface area contributed by atoms with Crippen LogP contribution >= 0.6 is 0 Å². The SMILES string of the molecule is CC[C@@H](C)NC(=O)c1cnco1. The Morgan fingerprint density at radius 2 is 2.58 bits per heavy atom. The van der Waals surface area contributed by atoms with Gasteiger partial charge in [0.25, 0.3) is 5.91 Å². The third kappa shape index (κ3) is 2.08. The van der Waals surface area contributed by atoms with Crippen molar-refractivity contribution in [1.29, 1.82) is 0 Å². The number of oxazole rings is 1. The van der Waals surface area contributed by atoms with E-state index in [0.717, 1.165) is 6.42 Å². The smallest absolute Gasteiger partial charge is 0.288 e. The van der Waals surface area contributed by atoms with Crippen LogP contribution in [0.1, 0.15) is 30.8 Å². The normalized spacial score (nSPS) is 12.5. The molecule has 4 heteroatoms. The Balaban J connectivity index is 2.50.